The molecular weight excluding hydrogens is 355 g/mol. The Bertz CT molecular complexity index is 865. The molecule has 2 N–H and O–H groups in total. The summed E-state index contributed by atoms with van der Waals surface area (Å²) >= 11 is 0. The Morgan fingerprint density at radius 1 is 1.04 bits per heavy atom. The molecule has 0 radical (unpaired) electrons. The predicted molar refractivity (Wildman–Crippen MR) is 101 cm³/mol. The van der Waals surface area contributed by atoms with Crippen molar-refractivity contribution in [2.75, 3.05) is 21.1 Å². The molecule has 2 aromatic rings. The van der Waals surface area contributed by atoms with Gasteiger partial charge >= 0.3 is 0 Å². The predicted octanol–water partition coefficient (Wildman–Crippen LogP) is 1.94. The molecular formula is C18H23FN4O2S. The second kappa shape index (κ2) is 8.77. The fourth-order valence-corrected chi connectivity index (χ4v) is 3.13. The van der Waals surface area contributed by atoms with Crippen molar-refractivity contribution in [3.8, 4) is 0 Å². The van der Waals surface area contributed by atoms with E-state index in [9.17, 15) is 12.8 Å². The van der Waals surface area contributed by atoms with Gasteiger partial charge in [-0.25, -0.2) is 17.1 Å². The lowest BCUT2D eigenvalue weighted by Crippen LogP contribution is -2.36. The summed E-state index contributed by atoms with van der Waals surface area (Å²) in [6, 6.07) is 13.0. The number of sulfonamides is 1. The molecule has 0 saturated heterocycles. The van der Waals surface area contributed by atoms with E-state index in [1.165, 1.54) is 30.5 Å². The summed E-state index contributed by atoms with van der Waals surface area (Å²) in [6.07, 6.45) is 0. The van der Waals surface area contributed by atoms with E-state index in [0.717, 1.165) is 11.1 Å². The van der Waals surface area contributed by atoms with Crippen LogP contribution in [-0.2, 0) is 23.1 Å². The zero-order valence-corrected chi connectivity index (χ0v) is 15.8. The summed E-state index contributed by atoms with van der Waals surface area (Å²) in [7, 11) is 1.22. The monoisotopic (exact) mass is 378 g/mol. The molecule has 26 heavy (non-hydrogen) atoms. The molecule has 2 aromatic carbocycles. The summed E-state index contributed by atoms with van der Waals surface area (Å²) in [5.74, 6) is 0.291. The minimum atomic E-state index is -3.43. The summed E-state index contributed by atoms with van der Waals surface area (Å²) in [6.45, 7) is 0.919. The Hall–Kier alpha value is -2.45. The van der Waals surface area contributed by atoms with Gasteiger partial charge in [-0.05, 0) is 35.4 Å². The van der Waals surface area contributed by atoms with Gasteiger partial charge in [-0.15, -0.1) is 0 Å². The van der Waals surface area contributed by atoms with Gasteiger partial charge in [0.1, 0.15) is 5.82 Å². The largest absolute Gasteiger partial charge is 0.352 e. The molecule has 0 aliphatic rings. The average Bonchev–Trinajstić information content (AvgIpc) is 2.62. The van der Waals surface area contributed by atoms with Crippen LogP contribution in [-0.4, -0.2) is 39.8 Å². The summed E-state index contributed by atoms with van der Waals surface area (Å²) < 4.78 is 38.5. The van der Waals surface area contributed by atoms with Crippen molar-refractivity contribution in [3.63, 3.8) is 0 Å². The summed E-state index contributed by atoms with van der Waals surface area (Å²) in [4.78, 5) is 4.37. The van der Waals surface area contributed by atoms with Crippen molar-refractivity contribution in [1.82, 2.24) is 14.9 Å². The van der Waals surface area contributed by atoms with Gasteiger partial charge < -0.3 is 10.6 Å². The van der Waals surface area contributed by atoms with Gasteiger partial charge in [0.25, 0.3) is 0 Å². The van der Waals surface area contributed by atoms with Crippen LogP contribution in [0.3, 0.4) is 0 Å². The number of halogens is 1. The molecule has 0 aliphatic heterocycles. The van der Waals surface area contributed by atoms with Crippen LogP contribution in [0.5, 0.6) is 0 Å². The maximum absolute atomic E-state index is 13.2. The van der Waals surface area contributed by atoms with E-state index in [1.54, 1.807) is 37.4 Å². The molecule has 0 aromatic heterocycles. The van der Waals surface area contributed by atoms with Gasteiger partial charge in [0, 0.05) is 34.2 Å². The van der Waals surface area contributed by atoms with Crippen LogP contribution in [0, 0.1) is 5.82 Å². The van der Waals surface area contributed by atoms with Crippen LogP contribution in [0.4, 0.5) is 4.39 Å². The van der Waals surface area contributed by atoms with Crippen LogP contribution in [0.1, 0.15) is 11.1 Å². The van der Waals surface area contributed by atoms with E-state index in [2.05, 4.69) is 15.6 Å². The highest BCUT2D eigenvalue weighted by molar-refractivity contribution is 7.89. The standard InChI is InChI=1S/C18H23FN4O2S/c1-20-18(22-13-15-5-4-6-16(19)11-15)21-12-14-7-9-17(10-8-14)26(24,25)23(2)3/h4-11H,12-13H2,1-3H3,(H2,20,21,22). The number of aliphatic imine (C=N–C) groups is 1. The normalized spacial score (nSPS) is 12.3. The van der Waals surface area contributed by atoms with Crippen LogP contribution in [0.25, 0.3) is 0 Å². The van der Waals surface area contributed by atoms with Crippen LogP contribution >= 0.6 is 0 Å². The molecule has 8 heteroatoms. The Labute approximate surface area is 153 Å². The molecule has 0 spiro atoms. The lowest BCUT2D eigenvalue weighted by Gasteiger charge is -2.13. The highest BCUT2D eigenvalue weighted by Gasteiger charge is 2.16. The number of guanidine groups is 1. The van der Waals surface area contributed by atoms with E-state index in [0.29, 0.717) is 19.0 Å². The molecule has 140 valence electrons. The van der Waals surface area contributed by atoms with Gasteiger partial charge in [-0.3, -0.25) is 4.99 Å². The molecule has 0 unspecified atom stereocenters. The van der Waals surface area contributed by atoms with Crippen molar-refractivity contribution >= 4 is 16.0 Å². The Morgan fingerprint density at radius 2 is 1.65 bits per heavy atom. The van der Waals surface area contributed by atoms with Gasteiger partial charge in [-0.2, -0.15) is 0 Å². The fraction of sp³-hybridized carbons (Fsp3) is 0.278. The van der Waals surface area contributed by atoms with Crippen molar-refractivity contribution in [2.24, 2.45) is 4.99 Å². The Kier molecular flexibility index (Phi) is 6.70. The molecule has 0 heterocycles. The molecule has 2 rings (SSSR count). The van der Waals surface area contributed by atoms with Gasteiger partial charge in [0.15, 0.2) is 5.96 Å². The van der Waals surface area contributed by atoms with Gasteiger partial charge in [0.2, 0.25) is 10.0 Å². The highest BCUT2D eigenvalue weighted by Crippen LogP contribution is 2.13. The molecule has 0 amide bonds. The zero-order valence-electron chi connectivity index (χ0n) is 15.0. The third-order valence-corrected chi connectivity index (χ3v) is 5.56. The number of hydrogen-bond donors (Lipinski definition) is 2. The SMILES string of the molecule is CN=C(NCc1ccc(S(=O)(=O)N(C)C)cc1)NCc1cccc(F)c1. The lowest BCUT2D eigenvalue weighted by atomic mass is 10.2. The van der Waals surface area contributed by atoms with Crippen molar-refractivity contribution in [1.29, 1.82) is 0 Å². The first-order valence-corrected chi connectivity index (χ1v) is 9.47. The quantitative estimate of drug-likeness (QED) is 0.595. The number of nitrogens with one attached hydrogen (secondary N) is 2. The smallest absolute Gasteiger partial charge is 0.242 e. The maximum atomic E-state index is 13.2. The second-order valence-corrected chi connectivity index (χ2v) is 7.99. The Morgan fingerprint density at radius 3 is 2.19 bits per heavy atom. The summed E-state index contributed by atoms with van der Waals surface area (Å²) in [5, 5.41) is 6.24. The molecule has 6 nitrogen and oxygen atoms in total. The average molecular weight is 378 g/mol. The zero-order chi connectivity index (χ0) is 19.2. The van der Waals surface area contributed by atoms with Crippen LogP contribution < -0.4 is 10.6 Å². The van der Waals surface area contributed by atoms with E-state index >= 15 is 0 Å². The molecule has 0 aliphatic carbocycles. The van der Waals surface area contributed by atoms with Gasteiger partial charge in [-0.1, -0.05) is 24.3 Å². The van der Waals surface area contributed by atoms with E-state index in [4.69, 9.17) is 0 Å². The number of rotatable bonds is 6. The molecule has 0 bridgehead atoms. The summed E-state index contributed by atoms with van der Waals surface area (Å²) in [5.41, 5.74) is 1.72. The molecule has 0 saturated carbocycles. The maximum Gasteiger partial charge on any atom is 0.242 e. The van der Waals surface area contributed by atoms with Crippen molar-refractivity contribution in [2.45, 2.75) is 18.0 Å². The topological polar surface area (TPSA) is 73.8 Å². The minimum Gasteiger partial charge on any atom is -0.352 e. The minimum absolute atomic E-state index is 0.250. The van der Waals surface area contributed by atoms with Crippen LogP contribution in [0.2, 0.25) is 0 Å². The Balaban J connectivity index is 1.92. The number of nitrogens with zero attached hydrogens (tertiary/aromatic N) is 2. The van der Waals surface area contributed by atoms with E-state index in [1.807, 2.05) is 6.07 Å². The van der Waals surface area contributed by atoms with Crippen LogP contribution in [0.15, 0.2) is 58.4 Å². The van der Waals surface area contributed by atoms with E-state index < -0.39 is 10.0 Å². The highest BCUT2D eigenvalue weighted by atomic mass is 32.2. The second-order valence-electron chi connectivity index (χ2n) is 5.84. The fourth-order valence-electron chi connectivity index (χ4n) is 2.23. The third kappa shape index (κ3) is 5.27. The first kappa shape index (κ1) is 19.9. The van der Waals surface area contributed by atoms with Crippen molar-refractivity contribution in [3.05, 3.63) is 65.5 Å². The van der Waals surface area contributed by atoms with Crippen molar-refractivity contribution < 1.29 is 12.8 Å². The molecule has 0 atom stereocenters. The lowest BCUT2D eigenvalue weighted by molar-refractivity contribution is 0.520. The van der Waals surface area contributed by atoms with E-state index in [-0.39, 0.29) is 10.7 Å². The number of benzene rings is 2. The van der Waals surface area contributed by atoms with Gasteiger partial charge in [0.05, 0.1) is 4.90 Å². The first-order chi connectivity index (χ1) is 12.3. The first-order valence-electron chi connectivity index (χ1n) is 8.03. The third-order valence-electron chi connectivity index (χ3n) is 3.73. The number of hydrogen-bond acceptors (Lipinski definition) is 3. The molecule has 0 fully saturated rings.